The van der Waals surface area contributed by atoms with E-state index in [2.05, 4.69) is 15.3 Å². The standard InChI is InChI=1S/C25H28ClN5O4/c1-34-21-14-30(9-10-31-25(33)16-5-3-2-4-15(16)13-28-31)8-6-20(21)29-24(32)18-12-19(26)22(27)17-7-11-35-23(17)18/h2-5,12-13,20-21H,6-11,14,27H2,1H3,(H,29,32). The number of likely N-dealkylation sites (tertiary alicyclic amines) is 1. The van der Waals surface area contributed by atoms with Gasteiger partial charge < -0.3 is 20.5 Å². The number of nitrogen functional groups attached to an aromatic ring is 1. The Kier molecular flexibility index (Phi) is 6.64. The first-order chi connectivity index (χ1) is 17.0. The molecule has 2 aliphatic heterocycles. The van der Waals surface area contributed by atoms with E-state index in [0.717, 1.165) is 17.5 Å². The summed E-state index contributed by atoms with van der Waals surface area (Å²) in [5.74, 6) is 0.265. The van der Waals surface area contributed by atoms with Crippen LogP contribution in [0.5, 0.6) is 5.75 Å². The van der Waals surface area contributed by atoms with Crippen LogP contribution in [0.2, 0.25) is 5.02 Å². The summed E-state index contributed by atoms with van der Waals surface area (Å²) >= 11 is 6.27. The van der Waals surface area contributed by atoms with E-state index < -0.39 is 0 Å². The van der Waals surface area contributed by atoms with Crippen molar-refractivity contribution >= 4 is 34.0 Å². The van der Waals surface area contributed by atoms with Crippen LogP contribution in [0.3, 0.4) is 0 Å². The van der Waals surface area contributed by atoms with Gasteiger partial charge in [-0.15, -0.1) is 0 Å². The Balaban J connectivity index is 1.23. The minimum Gasteiger partial charge on any atom is -0.492 e. The Bertz CT molecular complexity index is 1330. The fourth-order valence-corrected chi connectivity index (χ4v) is 5.12. The number of hydrogen-bond acceptors (Lipinski definition) is 7. The number of anilines is 1. The summed E-state index contributed by atoms with van der Waals surface area (Å²) in [6.45, 7) is 2.99. The van der Waals surface area contributed by atoms with Crippen LogP contribution in [0.25, 0.3) is 10.8 Å². The lowest BCUT2D eigenvalue weighted by Gasteiger charge is -2.38. The number of methoxy groups -OCH3 is 1. The quantitative estimate of drug-likeness (QED) is 0.501. The zero-order chi connectivity index (χ0) is 24.5. The molecule has 0 saturated carbocycles. The number of aromatic nitrogens is 2. The number of nitrogens with zero attached hydrogens (tertiary/aromatic N) is 3. The van der Waals surface area contributed by atoms with Gasteiger partial charge in [-0.1, -0.05) is 29.8 Å². The predicted molar refractivity (Wildman–Crippen MR) is 134 cm³/mol. The highest BCUT2D eigenvalue weighted by Gasteiger charge is 2.32. The van der Waals surface area contributed by atoms with Gasteiger partial charge in [-0.3, -0.25) is 14.5 Å². The van der Waals surface area contributed by atoms with Gasteiger partial charge in [-0.25, -0.2) is 4.68 Å². The van der Waals surface area contributed by atoms with Crippen molar-refractivity contribution in [2.45, 2.75) is 31.5 Å². The maximum absolute atomic E-state index is 13.1. The highest BCUT2D eigenvalue weighted by atomic mass is 35.5. The summed E-state index contributed by atoms with van der Waals surface area (Å²) in [6.07, 6.45) is 2.86. The van der Waals surface area contributed by atoms with Crippen LogP contribution >= 0.6 is 11.6 Å². The third-order valence-electron chi connectivity index (χ3n) is 6.87. The minimum atomic E-state index is -0.252. The van der Waals surface area contributed by atoms with Gasteiger partial charge in [0.1, 0.15) is 5.75 Å². The Morgan fingerprint density at radius 2 is 2.17 bits per heavy atom. The second-order valence-corrected chi connectivity index (χ2v) is 9.34. The zero-order valence-electron chi connectivity index (χ0n) is 19.5. The molecule has 2 unspecified atom stereocenters. The maximum Gasteiger partial charge on any atom is 0.274 e. The third-order valence-corrected chi connectivity index (χ3v) is 7.18. The normalized spacial score (nSPS) is 19.9. The lowest BCUT2D eigenvalue weighted by atomic mass is 10.00. The van der Waals surface area contributed by atoms with Crippen molar-refractivity contribution in [2.24, 2.45) is 0 Å². The SMILES string of the molecule is COC1CN(CCn2ncc3ccccc3c2=O)CCC1NC(=O)c1cc(Cl)c(N)c2c1OCC2. The van der Waals surface area contributed by atoms with Gasteiger partial charge in [0.15, 0.2) is 0 Å². The molecule has 0 aliphatic carbocycles. The molecule has 1 aromatic heterocycles. The number of fused-ring (bicyclic) bond motifs is 2. The molecule has 184 valence electrons. The Morgan fingerprint density at radius 1 is 1.34 bits per heavy atom. The van der Waals surface area contributed by atoms with E-state index >= 15 is 0 Å². The molecule has 5 rings (SSSR count). The minimum absolute atomic E-state index is 0.0922. The molecular weight excluding hydrogens is 470 g/mol. The molecule has 3 heterocycles. The molecule has 1 amide bonds. The number of benzene rings is 2. The first-order valence-corrected chi connectivity index (χ1v) is 12.1. The monoisotopic (exact) mass is 497 g/mol. The summed E-state index contributed by atoms with van der Waals surface area (Å²) in [5, 5.41) is 9.27. The van der Waals surface area contributed by atoms with Crippen LogP contribution in [0.15, 0.2) is 41.3 Å². The molecule has 3 aromatic rings. The fraction of sp³-hybridized carbons (Fsp3) is 0.400. The Hall–Kier alpha value is -3.14. The van der Waals surface area contributed by atoms with E-state index in [9.17, 15) is 9.59 Å². The number of carbonyl (C=O) groups excluding carboxylic acids is 1. The van der Waals surface area contributed by atoms with E-state index in [1.54, 1.807) is 19.4 Å². The summed E-state index contributed by atoms with van der Waals surface area (Å²) < 4.78 is 12.9. The van der Waals surface area contributed by atoms with Crippen molar-refractivity contribution in [1.29, 1.82) is 0 Å². The molecule has 3 N–H and O–H groups in total. The smallest absolute Gasteiger partial charge is 0.274 e. The first kappa shape index (κ1) is 23.6. The van der Waals surface area contributed by atoms with Gasteiger partial charge in [0.05, 0.1) is 53.2 Å². The van der Waals surface area contributed by atoms with E-state index in [1.165, 1.54) is 4.68 Å². The van der Waals surface area contributed by atoms with E-state index in [1.807, 2.05) is 24.3 Å². The molecular formula is C25H28ClN5O4. The number of hydrogen-bond donors (Lipinski definition) is 2. The lowest BCUT2D eigenvalue weighted by Crippen LogP contribution is -2.55. The number of ether oxygens (including phenoxy) is 2. The van der Waals surface area contributed by atoms with Crippen LogP contribution in [0.4, 0.5) is 5.69 Å². The fourth-order valence-electron chi connectivity index (χ4n) is 4.89. The molecule has 0 bridgehead atoms. The van der Waals surface area contributed by atoms with Crippen LogP contribution in [0, 0.1) is 0 Å². The van der Waals surface area contributed by atoms with Crippen molar-refractivity contribution < 1.29 is 14.3 Å². The van der Waals surface area contributed by atoms with Crippen molar-refractivity contribution in [3.63, 3.8) is 0 Å². The molecule has 1 saturated heterocycles. The van der Waals surface area contributed by atoms with Crippen molar-refractivity contribution in [2.75, 3.05) is 39.1 Å². The van der Waals surface area contributed by atoms with Gasteiger partial charge in [-0.2, -0.15) is 5.10 Å². The molecule has 9 nitrogen and oxygen atoms in total. The summed E-state index contributed by atoms with van der Waals surface area (Å²) in [7, 11) is 1.64. The first-order valence-electron chi connectivity index (χ1n) is 11.7. The molecule has 0 radical (unpaired) electrons. The van der Waals surface area contributed by atoms with Crippen LogP contribution in [-0.2, 0) is 17.7 Å². The Morgan fingerprint density at radius 3 is 3.00 bits per heavy atom. The van der Waals surface area contributed by atoms with Gasteiger partial charge >= 0.3 is 0 Å². The lowest BCUT2D eigenvalue weighted by molar-refractivity contribution is 0.00518. The van der Waals surface area contributed by atoms with Gasteiger partial charge in [0.25, 0.3) is 11.5 Å². The Labute approximate surface area is 207 Å². The van der Waals surface area contributed by atoms with E-state index in [0.29, 0.717) is 66.5 Å². The van der Waals surface area contributed by atoms with Crippen LogP contribution < -0.4 is 21.3 Å². The average molecular weight is 498 g/mol. The maximum atomic E-state index is 13.1. The van der Waals surface area contributed by atoms with Crippen LogP contribution in [-0.4, -0.2) is 66.1 Å². The predicted octanol–water partition coefficient (Wildman–Crippen LogP) is 2.09. The number of halogens is 1. The molecule has 2 aromatic carbocycles. The van der Waals surface area contributed by atoms with Gasteiger partial charge in [-0.05, 0) is 18.6 Å². The van der Waals surface area contributed by atoms with Crippen LogP contribution in [0.1, 0.15) is 22.3 Å². The highest BCUT2D eigenvalue weighted by Crippen LogP contribution is 2.38. The van der Waals surface area contributed by atoms with Crippen molar-refractivity contribution in [3.05, 3.63) is 63.0 Å². The third kappa shape index (κ3) is 4.59. The number of rotatable bonds is 6. The highest BCUT2D eigenvalue weighted by molar-refractivity contribution is 6.33. The van der Waals surface area contributed by atoms with E-state index in [4.69, 9.17) is 26.8 Å². The second kappa shape index (κ2) is 9.85. The van der Waals surface area contributed by atoms with Crippen molar-refractivity contribution in [1.82, 2.24) is 20.0 Å². The molecule has 35 heavy (non-hydrogen) atoms. The topological polar surface area (TPSA) is 112 Å². The number of piperidine rings is 1. The molecule has 2 atom stereocenters. The van der Waals surface area contributed by atoms with Gasteiger partial charge in [0.2, 0.25) is 0 Å². The molecule has 0 spiro atoms. The number of nitrogens with one attached hydrogen (secondary N) is 1. The average Bonchev–Trinajstić information content (AvgIpc) is 3.37. The summed E-state index contributed by atoms with van der Waals surface area (Å²) in [5.41, 5.74) is 7.63. The largest absolute Gasteiger partial charge is 0.492 e. The zero-order valence-corrected chi connectivity index (χ0v) is 20.3. The second-order valence-electron chi connectivity index (χ2n) is 8.93. The molecule has 10 heteroatoms. The molecule has 1 fully saturated rings. The molecule has 2 aliphatic rings. The number of amides is 1. The van der Waals surface area contributed by atoms with Gasteiger partial charge in [0, 0.05) is 44.1 Å². The van der Waals surface area contributed by atoms with Crippen molar-refractivity contribution in [3.8, 4) is 5.75 Å². The summed E-state index contributed by atoms with van der Waals surface area (Å²) in [4.78, 5) is 28.1. The number of nitrogens with two attached hydrogens (primary N) is 1. The number of carbonyl (C=O) groups is 1. The summed E-state index contributed by atoms with van der Waals surface area (Å²) in [6, 6.07) is 8.86. The van der Waals surface area contributed by atoms with E-state index in [-0.39, 0.29) is 23.6 Å².